The monoisotopic (exact) mass is 360 g/mol. The van der Waals surface area contributed by atoms with E-state index in [-0.39, 0.29) is 11.3 Å². The Hall–Kier alpha value is -2.61. The first-order chi connectivity index (χ1) is 12.0. The molecule has 128 valence electrons. The summed E-state index contributed by atoms with van der Waals surface area (Å²) >= 11 is 1.07. The number of nitrogens with zero attached hydrogens (tertiary/aromatic N) is 4. The first-order valence-corrected chi connectivity index (χ1v) is 8.42. The van der Waals surface area contributed by atoms with E-state index < -0.39 is 17.4 Å². The lowest BCUT2D eigenvalue weighted by molar-refractivity contribution is 0.101. The summed E-state index contributed by atoms with van der Waals surface area (Å²) in [6.45, 7) is 3.87. The van der Waals surface area contributed by atoms with E-state index in [1.807, 2.05) is 32.0 Å². The largest absolute Gasteiger partial charge is 0.293 e. The molecule has 0 radical (unpaired) electrons. The van der Waals surface area contributed by atoms with Crippen LogP contribution in [0.2, 0.25) is 0 Å². The van der Waals surface area contributed by atoms with E-state index in [1.165, 1.54) is 0 Å². The molecule has 3 aromatic rings. The van der Waals surface area contributed by atoms with E-state index in [9.17, 15) is 13.6 Å². The maximum absolute atomic E-state index is 13.7. The highest BCUT2D eigenvalue weighted by Crippen LogP contribution is 2.24. The fraction of sp³-hybridized carbons (Fsp3) is 0.176. The Labute approximate surface area is 147 Å². The number of rotatable bonds is 5. The molecule has 0 spiro atoms. The van der Waals surface area contributed by atoms with Gasteiger partial charge in [-0.1, -0.05) is 30.0 Å². The number of benzene rings is 2. The standard InChI is InChI=1S/C17H14F2N4OS/c1-10-4-3-5-11(2)16(10)23-17(20-21-22-23)25-9-15(24)13-8-12(18)6-7-14(13)19/h3-8H,9H2,1-2H3. The second-order valence-electron chi connectivity index (χ2n) is 5.45. The Bertz CT molecular complexity index is 922. The van der Waals surface area contributed by atoms with Gasteiger partial charge in [0, 0.05) is 0 Å². The van der Waals surface area contributed by atoms with E-state index in [4.69, 9.17) is 0 Å². The molecule has 0 saturated heterocycles. The Morgan fingerprint density at radius 3 is 2.60 bits per heavy atom. The minimum absolute atomic E-state index is 0.105. The van der Waals surface area contributed by atoms with Gasteiger partial charge in [0.1, 0.15) is 11.6 Å². The van der Waals surface area contributed by atoms with Crippen molar-refractivity contribution in [1.29, 1.82) is 0 Å². The fourth-order valence-electron chi connectivity index (χ4n) is 2.47. The number of carbonyl (C=O) groups excluding carboxylic acids is 1. The van der Waals surface area contributed by atoms with Gasteiger partial charge in [-0.05, 0) is 53.6 Å². The molecular weight excluding hydrogens is 346 g/mol. The molecule has 1 heterocycles. The Morgan fingerprint density at radius 2 is 1.88 bits per heavy atom. The summed E-state index contributed by atoms with van der Waals surface area (Å²) in [7, 11) is 0. The van der Waals surface area contributed by atoms with Crippen molar-refractivity contribution < 1.29 is 13.6 Å². The van der Waals surface area contributed by atoms with Crippen LogP contribution in [0.4, 0.5) is 8.78 Å². The molecule has 0 amide bonds. The first-order valence-electron chi connectivity index (χ1n) is 7.43. The average molecular weight is 360 g/mol. The zero-order valence-electron chi connectivity index (χ0n) is 13.5. The molecule has 0 bridgehead atoms. The van der Waals surface area contributed by atoms with Crippen LogP contribution in [0, 0.1) is 25.5 Å². The molecule has 5 nitrogen and oxygen atoms in total. The van der Waals surface area contributed by atoms with E-state index in [1.54, 1.807) is 4.68 Å². The summed E-state index contributed by atoms with van der Waals surface area (Å²) in [5.41, 5.74) is 2.52. The van der Waals surface area contributed by atoms with Crippen molar-refractivity contribution in [3.63, 3.8) is 0 Å². The van der Waals surface area contributed by atoms with Crippen molar-refractivity contribution in [3.8, 4) is 5.69 Å². The molecular formula is C17H14F2N4OS. The van der Waals surface area contributed by atoms with Crippen molar-refractivity contribution in [2.24, 2.45) is 0 Å². The van der Waals surface area contributed by atoms with Crippen LogP contribution < -0.4 is 0 Å². The molecule has 25 heavy (non-hydrogen) atoms. The number of carbonyl (C=O) groups is 1. The van der Waals surface area contributed by atoms with Gasteiger partial charge in [-0.3, -0.25) is 4.79 Å². The van der Waals surface area contributed by atoms with Crippen molar-refractivity contribution in [2.75, 3.05) is 5.75 Å². The summed E-state index contributed by atoms with van der Waals surface area (Å²) in [6.07, 6.45) is 0. The van der Waals surface area contributed by atoms with E-state index >= 15 is 0 Å². The van der Waals surface area contributed by atoms with Crippen LogP contribution in [-0.2, 0) is 0 Å². The van der Waals surface area contributed by atoms with Gasteiger partial charge in [0.05, 0.1) is 17.0 Å². The van der Waals surface area contributed by atoms with Gasteiger partial charge in [-0.2, -0.15) is 4.68 Å². The van der Waals surface area contributed by atoms with Gasteiger partial charge in [0.25, 0.3) is 0 Å². The van der Waals surface area contributed by atoms with Crippen LogP contribution >= 0.6 is 11.8 Å². The number of hydrogen-bond acceptors (Lipinski definition) is 5. The van der Waals surface area contributed by atoms with E-state index in [0.717, 1.165) is 46.8 Å². The second-order valence-corrected chi connectivity index (χ2v) is 6.39. The SMILES string of the molecule is Cc1cccc(C)c1-n1nnnc1SCC(=O)c1cc(F)ccc1F. The molecule has 0 aliphatic rings. The van der Waals surface area contributed by atoms with Crippen molar-refractivity contribution in [1.82, 2.24) is 20.2 Å². The number of para-hydroxylation sites is 1. The predicted molar refractivity (Wildman–Crippen MR) is 90.0 cm³/mol. The second kappa shape index (κ2) is 7.10. The molecule has 0 atom stereocenters. The average Bonchev–Trinajstić information content (AvgIpc) is 3.03. The summed E-state index contributed by atoms with van der Waals surface area (Å²) in [4.78, 5) is 12.2. The van der Waals surface area contributed by atoms with Crippen molar-refractivity contribution in [3.05, 3.63) is 64.7 Å². The third kappa shape index (κ3) is 3.58. The topological polar surface area (TPSA) is 60.7 Å². The fourth-order valence-corrected chi connectivity index (χ4v) is 3.23. The van der Waals surface area contributed by atoms with Gasteiger partial charge in [-0.25, -0.2) is 8.78 Å². The summed E-state index contributed by atoms with van der Waals surface area (Å²) < 4.78 is 28.5. The minimum atomic E-state index is -0.749. The maximum atomic E-state index is 13.7. The molecule has 3 rings (SSSR count). The highest BCUT2D eigenvalue weighted by atomic mass is 32.2. The number of aromatic nitrogens is 4. The highest BCUT2D eigenvalue weighted by Gasteiger charge is 2.17. The lowest BCUT2D eigenvalue weighted by Gasteiger charge is -2.10. The van der Waals surface area contributed by atoms with Crippen LogP contribution in [0.5, 0.6) is 0 Å². The molecule has 0 fully saturated rings. The van der Waals surface area contributed by atoms with Gasteiger partial charge in [0.2, 0.25) is 5.16 Å². The molecule has 0 N–H and O–H groups in total. The van der Waals surface area contributed by atoms with Crippen LogP contribution in [-0.4, -0.2) is 31.7 Å². The lowest BCUT2D eigenvalue weighted by atomic mass is 10.1. The number of hydrogen-bond donors (Lipinski definition) is 0. The Balaban J connectivity index is 1.83. The quantitative estimate of drug-likeness (QED) is 0.515. The highest BCUT2D eigenvalue weighted by molar-refractivity contribution is 7.99. The first kappa shape index (κ1) is 17.2. The molecule has 0 aliphatic carbocycles. The maximum Gasteiger partial charge on any atom is 0.214 e. The van der Waals surface area contributed by atoms with Gasteiger partial charge in [-0.15, -0.1) is 5.10 Å². The van der Waals surface area contributed by atoms with Gasteiger partial charge in [0.15, 0.2) is 5.78 Å². The van der Waals surface area contributed by atoms with E-state index in [2.05, 4.69) is 15.5 Å². The molecule has 8 heteroatoms. The normalized spacial score (nSPS) is 10.9. The third-order valence-electron chi connectivity index (χ3n) is 3.65. The zero-order chi connectivity index (χ0) is 18.0. The number of halogens is 2. The summed E-state index contributed by atoms with van der Waals surface area (Å²) in [5, 5.41) is 12.0. The molecule has 0 saturated carbocycles. The number of Topliss-reactive ketones (excluding diaryl/α,β-unsaturated/α-hetero) is 1. The number of aryl methyl sites for hydroxylation is 2. The minimum Gasteiger partial charge on any atom is -0.293 e. The Kier molecular flexibility index (Phi) is 4.89. The molecule has 0 aliphatic heterocycles. The van der Waals surface area contributed by atoms with Gasteiger partial charge < -0.3 is 0 Å². The predicted octanol–water partition coefficient (Wildman–Crippen LogP) is 3.53. The van der Waals surface area contributed by atoms with Gasteiger partial charge >= 0.3 is 0 Å². The Morgan fingerprint density at radius 1 is 1.16 bits per heavy atom. The zero-order valence-corrected chi connectivity index (χ0v) is 14.3. The van der Waals surface area contributed by atoms with Crippen LogP contribution in [0.1, 0.15) is 21.5 Å². The lowest BCUT2D eigenvalue weighted by Crippen LogP contribution is -2.08. The summed E-state index contributed by atoms with van der Waals surface area (Å²) in [5.74, 6) is -2.04. The van der Waals surface area contributed by atoms with Crippen LogP contribution in [0.15, 0.2) is 41.6 Å². The smallest absolute Gasteiger partial charge is 0.214 e. The number of ketones is 1. The number of thioether (sulfide) groups is 1. The summed E-state index contributed by atoms with van der Waals surface area (Å²) in [6, 6.07) is 8.61. The van der Waals surface area contributed by atoms with Crippen molar-refractivity contribution in [2.45, 2.75) is 19.0 Å². The van der Waals surface area contributed by atoms with Crippen LogP contribution in [0.3, 0.4) is 0 Å². The van der Waals surface area contributed by atoms with Crippen LogP contribution in [0.25, 0.3) is 5.69 Å². The van der Waals surface area contributed by atoms with E-state index in [0.29, 0.717) is 5.16 Å². The molecule has 0 unspecified atom stereocenters. The third-order valence-corrected chi connectivity index (χ3v) is 4.57. The molecule has 2 aromatic carbocycles. The molecule has 1 aromatic heterocycles. The number of tetrazole rings is 1. The van der Waals surface area contributed by atoms with Crippen molar-refractivity contribution >= 4 is 17.5 Å².